The highest BCUT2D eigenvalue weighted by Gasteiger charge is 2.22. The number of ether oxygens (including phenoxy) is 2. The summed E-state index contributed by atoms with van der Waals surface area (Å²) in [7, 11) is 0. The van der Waals surface area contributed by atoms with Gasteiger partial charge in [0.15, 0.2) is 6.29 Å². The maximum Gasteiger partial charge on any atom is 0.324 e. The van der Waals surface area contributed by atoms with Gasteiger partial charge in [-0.2, -0.15) is 5.10 Å². The number of hydrogen-bond donors (Lipinski definition) is 2. The van der Waals surface area contributed by atoms with Gasteiger partial charge in [0.25, 0.3) is 6.47 Å². The highest BCUT2D eigenvalue weighted by molar-refractivity contribution is 5.99. The fourth-order valence-corrected chi connectivity index (χ4v) is 3.56. The molecule has 0 spiro atoms. The van der Waals surface area contributed by atoms with E-state index in [1.54, 1.807) is 35.0 Å². The molecule has 39 heavy (non-hydrogen) atoms. The molecule has 0 saturated heterocycles. The van der Waals surface area contributed by atoms with Gasteiger partial charge in [-0.25, -0.2) is 13.9 Å². The smallest absolute Gasteiger partial charge is 0.324 e. The van der Waals surface area contributed by atoms with Crippen LogP contribution in [-0.4, -0.2) is 33.6 Å². The summed E-state index contributed by atoms with van der Waals surface area (Å²) >= 11 is 0. The summed E-state index contributed by atoms with van der Waals surface area (Å²) in [4.78, 5) is 38.2. The summed E-state index contributed by atoms with van der Waals surface area (Å²) in [6.07, 6.45) is 1.98. The first-order valence-electron chi connectivity index (χ1n) is 11.9. The fraction of sp³-hybridized carbons (Fsp3) is 0.179. The Bertz CT molecular complexity index is 1510. The first-order valence-corrected chi connectivity index (χ1v) is 11.9. The number of nitrogens with one attached hydrogen (secondary N) is 2. The lowest BCUT2D eigenvalue weighted by Crippen LogP contribution is -2.22. The molecule has 2 N–H and O–H groups in total. The molecule has 11 heteroatoms. The minimum atomic E-state index is -0.723. The summed E-state index contributed by atoms with van der Waals surface area (Å²) in [5.41, 5.74) is 1.88. The lowest BCUT2D eigenvalue weighted by molar-refractivity contribution is -0.129. The van der Waals surface area contributed by atoms with Gasteiger partial charge in [0, 0.05) is 29.8 Å². The minimum Gasteiger partial charge on any atom is -0.463 e. The summed E-state index contributed by atoms with van der Waals surface area (Å²) in [6, 6.07) is 15.1. The van der Waals surface area contributed by atoms with Crippen LogP contribution in [0.25, 0.3) is 5.69 Å². The van der Waals surface area contributed by atoms with E-state index in [-0.39, 0.29) is 29.2 Å². The average molecular weight is 532 g/mol. The predicted octanol–water partition coefficient (Wildman–Crippen LogP) is 5.63. The minimum absolute atomic E-state index is 0.0710. The zero-order valence-corrected chi connectivity index (χ0v) is 21.5. The largest absolute Gasteiger partial charge is 0.463 e. The number of halogens is 1. The maximum absolute atomic E-state index is 14.8. The van der Waals surface area contributed by atoms with E-state index in [1.807, 2.05) is 20.8 Å². The molecular weight excluding hydrogens is 505 g/mol. The van der Waals surface area contributed by atoms with Crippen molar-refractivity contribution in [3.05, 3.63) is 89.6 Å². The third-order valence-corrected chi connectivity index (χ3v) is 5.49. The number of carbonyl (C=O) groups excluding carboxylic acids is 3. The van der Waals surface area contributed by atoms with Crippen LogP contribution in [0.2, 0.25) is 0 Å². The lowest BCUT2D eigenvalue weighted by Gasteiger charge is -2.14. The highest BCUT2D eigenvalue weighted by atomic mass is 19.1. The van der Waals surface area contributed by atoms with E-state index in [9.17, 15) is 18.8 Å². The molecule has 0 bridgehead atoms. The Balaban J connectivity index is 1.53. The predicted molar refractivity (Wildman–Crippen MR) is 142 cm³/mol. The second-order valence-corrected chi connectivity index (χ2v) is 9.51. The molecule has 0 aliphatic rings. The van der Waals surface area contributed by atoms with Gasteiger partial charge in [-0.05, 0) is 35.9 Å². The van der Waals surface area contributed by atoms with Gasteiger partial charge in [-0.15, -0.1) is 0 Å². The average Bonchev–Trinajstić information content (AvgIpc) is 3.33. The van der Waals surface area contributed by atoms with E-state index in [2.05, 4.69) is 20.7 Å². The molecule has 2 heterocycles. The van der Waals surface area contributed by atoms with Crippen molar-refractivity contribution in [2.75, 3.05) is 10.6 Å². The van der Waals surface area contributed by atoms with Crippen molar-refractivity contribution in [3.63, 3.8) is 0 Å². The van der Waals surface area contributed by atoms with Crippen LogP contribution in [0.3, 0.4) is 0 Å². The molecule has 4 aromatic rings. The van der Waals surface area contributed by atoms with E-state index >= 15 is 0 Å². The molecule has 0 atom stereocenters. The van der Waals surface area contributed by atoms with Gasteiger partial charge in [0.1, 0.15) is 35.4 Å². The summed E-state index contributed by atoms with van der Waals surface area (Å²) in [6.45, 7) is 6.43. The van der Waals surface area contributed by atoms with Gasteiger partial charge in [0.2, 0.25) is 0 Å². The van der Waals surface area contributed by atoms with Crippen LogP contribution >= 0.6 is 0 Å². The van der Waals surface area contributed by atoms with Crippen molar-refractivity contribution in [2.24, 2.45) is 0 Å². The fourth-order valence-electron chi connectivity index (χ4n) is 3.56. The molecule has 10 nitrogen and oxygen atoms in total. The second-order valence-electron chi connectivity index (χ2n) is 9.51. The lowest BCUT2D eigenvalue weighted by atomic mass is 9.92. The number of carbonyl (C=O) groups is 3. The van der Waals surface area contributed by atoms with Crippen molar-refractivity contribution < 1.29 is 28.2 Å². The van der Waals surface area contributed by atoms with Crippen LogP contribution < -0.4 is 15.4 Å². The SMILES string of the molecule is CC(C)(C)c1cc(NC(=O)Nc2ccc(Oc3ccnc(C=O)c3)cc2F)n(-c2cccc(COC=O)c2)n1. The van der Waals surface area contributed by atoms with Gasteiger partial charge < -0.3 is 14.8 Å². The van der Waals surface area contributed by atoms with Crippen molar-refractivity contribution in [3.8, 4) is 17.2 Å². The standard InChI is InChI=1S/C28H26FN5O5/c1-28(2,3)25-14-26(34(33-25)20-6-4-5-18(11-20)16-38-17-36)32-27(37)31-24-8-7-21(13-23(24)29)39-22-9-10-30-19(12-22)15-35/h4-15,17H,16H2,1-3H3,(H2,31,32,37). The Labute approximate surface area is 223 Å². The van der Waals surface area contributed by atoms with Crippen LogP contribution in [0.15, 0.2) is 66.9 Å². The number of hydrogen-bond acceptors (Lipinski definition) is 7. The van der Waals surface area contributed by atoms with Crippen molar-refractivity contribution in [2.45, 2.75) is 32.8 Å². The molecule has 0 aliphatic heterocycles. The van der Waals surface area contributed by atoms with Crippen LogP contribution in [0, 0.1) is 5.82 Å². The van der Waals surface area contributed by atoms with Crippen LogP contribution in [0.1, 0.15) is 42.5 Å². The number of rotatable bonds is 9. The Morgan fingerprint density at radius 3 is 2.54 bits per heavy atom. The first-order chi connectivity index (χ1) is 18.7. The van der Waals surface area contributed by atoms with Crippen molar-refractivity contribution in [1.29, 1.82) is 0 Å². The molecule has 2 amide bonds. The molecule has 0 aliphatic carbocycles. The molecule has 200 valence electrons. The second kappa shape index (κ2) is 11.5. The molecular formula is C28H26FN5O5. The summed E-state index contributed by atoms with van der Waals surface area (Å²) in [5.74, 6) is 0.122. The normalized spacial score (nSPS) is 11.0. The number of aldehydes is 1. The number of benzene rings is 2. The number of nitrogens with zero attached hydrogens (tertiary/aromatic N) is 3. The number of anilines is 2. The molecule has 4 rings (SSSR count). The summed E-state index contributed by atoms with van der Waals surface area (Å²) < 4.78 is 26.8. The molecule has 0 saturated carbocycles. The Morgan fingerprint density at radius 1 is 1.03 bits per heavy atom. The van der Waals surface area contributed by atoms with E-state index in [4.69, 9.17) is 9.47 Å². The van der Waals surface area contributed by atoms with E-state index in [0.29, 0.717) is 35.7 Å². The van der Waals surface area contributed by atoms with Gasteiger partial charge in [-0.3, -0.25) is 19.9 Å². The van der Waals surface area contributed by atoms with Gasteiger partial charge in [-0.1, -0.05) is 32.9 Å². The van der Waals surface area contributed by atoms with Crippen LogP contribution in [0.4, 0.5) is 20.7 Å². The zero-order chi connectivity index (χ0) is 28.0. The molecule has 0 radical (unpaired) electrons. The number of amides is 2. The summed E-state index contributed by atoms with van der Waals surface area (Å²) in [5, 5.41) is 9.89. The Kier molecular flexibility index (Phi) is 7.99. The zero-order valence-electron chi connectivity index (χ0n) is 21.5. The van der Waals surface area contributed by atoms with E-state index < -0.39 is 11.8 Å². The van der Waals surface area contributed by atoms with Gasteiger partial charge in [0.05, 0.1) is 17.1 Å². The quantitative estimate of drug-likeness (QED) is 0.268. The first kappa shape index (κ1) is 27.0. The van der Waals surface area contributed by atoms with E-state index in [0.717, 1.165) is 11.6 Å². The third-order valence-electron chi connectivity index (χ3n) is 5.49. The third kappa shape index (κ3) is 6.83. The number of urea groups is 1. The Hall–Kier alpha value is -5.06. The van der Waals surface area contributed by atoms with Crippen LogP contribution in [-0.2, 0) is 21.6 Å². The topological polar surface area (TPSA) is 124 Å². The monoisotopic (exact) mass is 531 g/mol. The van der Waals surface area contributed by atoms with Crippen molar-refractivity contribution >= 4 is 30.3 Å². The number of aromatic nitrogens is 3. The van der Waals surface area contributed by atoms with E-state index in [1.165, 1.54) is 30.5 Å². The molecule has 0 unspecified atom stereocenters. The van der Waals surface area contributed by atoms with Crippen molar-refractivity contribution in [1.82, 2.24) is 14.8 Å². The number of pyridine rings is 1. The highest BCUT2D eigenvalue weighted by Crippen LogP contribution is 2.28. The maximum atomic E-state index is 14.8. The van der Waals surface area contributed by atoms with Gasteiger partial charge >= 0.3 is 6.03 Å². The Morgan fingerprint density at radius 2 is 1.82 bits per heavy atom. The molecule has 2 aromatic carbocycles. The molecule has 2 aromatic heterocycles. The van der Waals surface area contributed by atoms with Crippen LogP contribution in [0.5, 0.6) is 11.5 Å². The molecule has 0 fully saturated rings.